The number of hydrogen-bond acceptors (Lipinski definition) is 5. The lowest BCUT2D eigenvalue weighted by Gasteiger charge is -2.50. The molecule has 3 heterocycles. The van der Waals surface area contributed by atoms with Crippen LogP contribution < -0.4 is 21.3 Å². The molecule has 9 unspecified atom stereocenters. The molecule has 2 saturated carbocycles. The van der Waals surface area contributed by atoms with Crippen molar-refractivity contribution in [3.63, 3.8) is 0 Å². The van der Waals surface area contributed by atoms with Crippen LogP contribution in [-0.4, -0.2) is 60.8 Å². The van der Waals surface area contributed by atoms with Crippen LogP contribution in [0.15, 0.2) is 0 Å². The number of likely N-dealkylation sites (tertiary alicyclic amines) is 1. The number of nitrogens with zero attached hydrogens (tertiary/aromatic N) is 1. The van der Waals surface area contributed by atoms with Gasteiger partial charge >= 0.3 is 0 Å². The summed E-state index contributed by atoms with van der Waals surface area (Å²) in [6.45, 7) is 5.52. The molecule has 180 valence electrons. The van der Waals surface area contributed by atoms with Crippen LogP contribution in [0.1, 0.15) is 71.6 Å². The summed E-state index contributed by atoms with van der Waals surface area (Å²) in [5, 5.41) is 14.0. The maximum Gasteiger partial charge on any atom is 0.225 e. The van der Waals surface area contributed by atoms with Crippen molar-refractivity contribution in [2.75, 3.05) is 13.6 Å². The Hall–Kier alpha value is -1.18. The quantitative estimate of drug-likeness (QED) is 0.532. The molecule has 7 heteroatoms. The molecule has 0 spiro atoms. The van der Waals surface area contributed by atoms with Gasteiger partial charge in [0, 0.05) is 49.6 Å². The standard InChI is InChI=1S/C25H43N5O2/c1-14-8-9-16(23(31)29-25-27-20-6-4-5-7-21(20)28-25)11-18(14)19-12-17-13-26-15(2)10-22(17)30(3)24(19)32/h14-22,25-28H,4-13H2,1-3H3,(H,29,31). The SMILES string of the molecule is CC1CC2C(CN1)CC(C1CC(C(=O)NC3NC4CCCCC4N3)CCC1C)C(=O)N2C. The van der Waals surface area contributed by atoms with Gasteiger partial charge in [-0.25, -0.2) is 0 Å². The maximum atomic E-state index is 13.4. The van der Waals surface area contributed by atoms with Crippen LogP contribution in [0.25, 0.3) is 0 Å². The molecule has 32 heavy (non-hydrogen) atoms. The average molecular weight is 446 g/mol. The Labute approximate surface area is 193 Å². The normalized spacial score (nSPS) is 47.0. The molecular formula is C25H43N5O2. The number of hydrogen-bond donors (Lipinski definition) is 4. The van der Waals surface area contributed by atoms with E-state index in [0.29, 0.717) is 47.8 Å². The van der Waals surface area contributed by atoms with E-state index >= 15 is 0 Å². The van der Waals surface area contributed by atoms with Gasteiger partial charge in [0.2, 0.25) is 11.8 Å². The molecule has 2 aliphatic carbocycles. The van der Waals surface area contributed by atoms with Gasteiger partial charge in [0.1, 0.15) is 6.29 Å². The minimum Gasteiger partial charge on any atom is -0.342 e. The summed E-state index contributed by atoms with van der Waals surface area (Å²) in [7, 11) is 2.01. The van der Waals surface area contributed by atoms with E-state index in [-0.39, 0.29) is 24.0 Å². The molecule has 3 aliphatic heterocycles. The van der Waals surface area contributed by atoms with Gasteiger partial charge in [0.15, 0.2) is 0 Å². The summed E-state index contributed by atoms with van der Waals surface area (Å²) in [5.74, 6) is 1.90. The molecule has 0 aromatic heterocycles. The van der Waals surface area contributed by atoms with Crippen molar-refractivity contribution in [3.8, 4) is 0 Å². The van der Waals surface area contributed by atoms with Crippen molar-refractivity contribution in [2.45, 2.75) is 102 Å². The fraction of sp³-hybridized carbons (Fsp3) is 0.920. The lowest BCUT2D eigenvalue weighted by Crippen LogP contribution is -2.60. The highest BCUT2D eigenvalue weighted by Crippen LogP contribution is 2.44. The van der Waals surface area contributed by atoms with E-state index < -0.39 is 0 Å². The van der Waals surface area contributed by atoms with E-state index in [4.69, 9.17) is 0 Å². The van der Waals surface area contributed by atoms with Gasteiger partial charge in [-0.15, -0.1) is 0 Å². The number of carbonyl (C=O) groups is 2. The van der Waals surface area contributed by atoms with E-state index in [9.17, 15) is 9.59 Å². The molecule has 2 amide bonds. The molecule has 7 nitrogen and oxygen atoms in total. The first-order valence-electron chi connectivity index (χ1n) is 13.2. The lowest BCUT2D eigenvalue weighted by atomic mass is 9.64. The first-order valence-corrected chi connectivity index (χ1v) is 13.2. The molecule has 3 saturated heterocycles. The summed E-state index contributed by atoms with van der Waals surface area (Å²) >= 11 is 0. The molecule has 0 bridgehead atoms. The van der Waals surface area contributed by atoms with E-state index in [1.165, 1.54) is 25.7 Å². The lowest BCUT2D eigenvalue weighted by molar-refractivity contribution is -0.149. The summed E-state index contributed by atoms with van der Waals surface area (Å²) in [4.78, 5) is 28.7. The smallest absolute Gasteiger partial charge is 0.225 e. The summed E-state index contributed by atoms with van der Waals surface area (Å²) in [5.41, 5.74) is 0. The minimum absolute atomic E-state index is 0.0164. The molecule has 5 aliphatic rings. The predicted molar refractivity (Wildman–Crippen MR) is 124 cm³/mol. The first-order chi connectivity index (χ1) is 15.4. The van der Waals surface area contributed by atoms with Crippen LogP contribution in [0.2, 0.25) is 0 Å². The highest BCUT2D eigenvalue weighted by Gasteiger charge is 2.48. The van der Waals surface area contributed by atoms with E-state index in [0.717, 1.165) is 38.6 Å². The number of carbonyl (C=O) groups excluding carboxylic acids is 2. The third kappa shape index (κ3) is 4.32. The number of rotatable bonds is 3. The van der Waals surface area contributed by atoms with E-state index in [1.54, 1.807) is 0 Å². The molecule has 0 aromatic carbocycles. The molecule has 0 radical (unpaired) electrons. The Morgan fingerprint density at radius 3 is 2.44 bits per heavy atom. The monoisotopic (exact) mass is 445 g/mol. The van der Waals surface area contributed by atoms with Crippen molar-refractivity contribution >= 4 is 11.8 Å². The fourth-order valence-corrected chi connectivity index (χ4v) is 7.56. The Kier molecular flexibility index (Phi) is 6.52. The second kappa shape index (κ2) is 9.22. The van der Waals surface area contributed by atoms with Crippen molar-refractivity contribution < 1.29 is 9.59 Å². The summed E-state index contributed by atoms with van der Waals surface area (Å²) in [6, 6.07) is 1.83. The summed E-state index contributed by atoms with van der Waals surface area (Å²) < 4.78 is 0. The third-order valence-corrected chi connectivity index (χ3v) is 9.55. The topological polar surface area (TPSA) is 85.5 Å². The molecule has 9 atom stereocenters. The van der Waals surface area contributed by atoms with Gasteiger partial charge in [0.05, 0.1) is 0 Å². The van der Waals surface area contributed by atoms with Crippen molar-refractivity contribution in [3.05, 3.63) is 0 Å². The van der Waals surface area contributed by atoms with Crippen LogP contribution in [0, 0.1) is 29.6 Å². The van der Waals surface area contributed by atoms with Gasteiger partial charge in [0.25, 0.3) is 0 Å². The second-order valence-corrected chi connectivity index (χ2v) is 11.6. The van der Waals surface area contributed by atoms with Crippen LogP contribution in [0.3, 0.4) is 0 Å². The zero-order valence-electron chi connectivity index (χ0n) is 20.1. The Balaban J connectivity index is 1.21. The van der Waals surface area contributed by atoms with Crippen LogP contribution in [0.4, 0.5) is 0 Å². The average Bonchev–Trinajstić information content (AvgIpc) is 3.19. The Morgan fingerprint density at radius 1 is 1.00 bits per heavy atom. The molecule has 4 N–H and O–H groups in total. The van der Waals surface area contributed by atoms with Gasteiger partial charge in [-0.3, -0.25) is 20.2 Å². The second-order valence-electron chi connectivity index (χ2n) is 11.6. The first kappa shape index (κ1) is 22.6. The highest BCUT2D eigenvalue weighted by atomic mass is 16.2. The largest absolute Gasteiger partial charge is 0.342 e. The summed E-state index contributed by atoms with van der Waals surface area (Å²) in [6.07, 6.45) is 9.68. The van der Waals surface area contributed by atoms with E-state index in [2.05, 4.69) is 40.0 Å². The Morgan fingerprint density at radius 2 is 1.72 bits per heavy atom. The number of piperidine rings is 2. The molecule has 5 fully saturated rings. The Bertz CT molecular complexity index is 702. The molecular weight excluding hydrogens is 402 g/mol. The van der Waals surface area contributed by atoms with Crippen LogP contribution in [-0.2, 0) is 9.59 Å². The van der Waals surface area contributed by atoms with E-state index in [1.807, 2.05) is 7.05 Å². The molecule has 0 aromatic rings. The van der Waals surface area contributed by atoms with Crippen molar-refractivity contribution in [1.29, 1.82) is 0 Å². The van der Waals surface area contributed by atoms with Gasteiger partial charge < -0.3 is 15.5 Å². The van der Waals surface area contributed by atoms with Gasteiger partial charge in [-0.2, -0.15) is 0 Å². The third-order valence-electron chi connectivity index (χ3n) is 9.55. The van der Waals surface area contributed by atoms with Gasteiger partial charge in [-0.05, 0) is 69.6 Å². The molecule has 5 rings (SSSR count). The minimum atomic E-state index is -0.105. The number of fused-ring (bicyclic) bond motifs is 2. The number of amides is 2. The predicted octanol–water partition coefficient (Wildman–Crippen LogP) is 1.79. The fourth-order valence-electron chi connectivity index (χ4n) is 7.56. The van der Waals surface area contributed by atoms with Crippen LogP contribution in [0.5, 0.6) is 0 Å². The zero-order valence-corrected chi connectivity index (χ0v) is 20.1. The van der Waals surface area contributed by atoms with Crippen LogP contribution >= 0.6 is 0 Å². The van der Waals surface area contributed by atoms with Crippen molar-refractivity contribution in [1.82, 2.24) is 26.2 Å². The maximum absolute atomic E-state index is 13.4. The van der Waals surface area contributed by atoms with Gasteiger partial charge in [-0.1, -0.05) is 19.8 Å². The zero-order chi connectivity index (χ0) is 22.4. The number of nitrogens with one attached hydrogen (secondary N) is 4. The highest BCUT2D eigenvalue weighted by molar-refractivity contribution is 5.81. The van der Waals surface area contributed by atoms with Crippen molar-refractivity contribution in [2.24, 2.45) is 29.6 Å².